The third-order valence-electron chi connectivity index (χ3n) is 3.38. The minimum absolute atomic E-state index is 0.140. The van der Waals surface area contributed by atoms with Crippen molar-refractivity contribution in [3.8, 4) is 0 Å². The van der Waals surface area contributed by atoms with Crippen molar-refractivity contribution in [3.63, 3.8) is 0 Å². The molecule has 106 valence electrons. The first kappa shape index (κ1) is 17.2. The summed E-state index contributed by atoms with van der Waals surface area (Å²) < 4.78 is 0. The van der Waals surface area contributed by atoms with Crippen molar-refractivity contribution < 1.29 is 14.7 Å². The summed E-state index contributed by atoms with van der Waals surface area (Å²) in [5.41, 5.74) is 4.84. The Morgan fingerprint density at radius 3 is 2.33 bits per heavy atom. The van der Waals surface area contributed by atoms with Gasteiger partial charge in [0.2, 0.25) is 5.91 Å². The van der Waals surface area contributed by atoms with Gasteiger partial charge in [-0.25, -0.2) is 0 Å². The zero-order valence-corrected chi connectivity index (χ0v) is 12.2. The first-order valence-electron chi connectivity index (χ1n) is 6.19. The zero-order valence-electron chi connectivity index (χ0n) is 11.4. The monoisotopic (exact) mass is 276 g/mol. The third-order valence-corrected chi connectivity index (χ3v) is 4.02. The second-order valence-electron chi connectivity index (χ2n) is 4.40. The fourth-order valence-electron chi connectivity index (χ4n) is 1.64. The highest BCUT2D eigenvalue weighted by Gasteiger charge is 2.35. The summed E-state index contributed by atoms with van der Waals surface area (Å²) >= 11 is 1.63. The molecule has 0 bridgehead atoms. The van der Waals surface area contributed by atoms with E-state index >= 15 is 0 Å². The van der Waals surface area contributed by atoms with Gasteiger partial charge in [0.05, 0.1) is 11.5 Å². The van der Waals surface area contributed by atoms with Crippen LogP contribution in [0.15, 0.2) is 0 Å². The Balaban J connectivity index is 4.36. The topological polar surface area (TPSA) is 92.4 Å². The van der Waals surface area contributed by atoms with E-state index in [0.29, 0.717) is 19.3 Å². The number of aliphatic carboxylic acids is 1. The maximum absolute atomic E-state index is 11.7. The first-order valence-corrected chi connectivity index (χ1v) is 7.58. The molecule has 0 saturated heterocycles. The molecule has 0 aromatic carbocycles. The van der Waals surface area contributed by atoms with Crippen molar-refractivity contribution in [2.75, 3.05) is 18.6 Å². The molecule has 0 fully saturated rings. The largest absolute Gasteiger partial charge is 0.481 e. The number of rotatable bonds is 9. The molecule has 18 heavy (non-hydrogen) atoms. The average Bonchev–Trinajstić information content (AvgIpc) is 2.36. The number of nitrogens with one attached hydrogen (secondary N) is 1. The van der Waals surface area contributed by atoms with Crippen LogP contribution in [0.4, 0.5) is 0 Å². The van der Waals surface area contributed by atoms with Crippen LogP contribution >= 0.6 is 11.8 Å². The summed E-state index contributed by atoms with van der Waals surface area (Å²) in [6.07, 6.45) is 3.53. The van der Waals surface area contributed by atoms with Crippen molar-refractivity contribution in [3.05, 3.63) is 0 Å². The van der Waals surface area contributed by atoms with Gasteiger partial charge in [-0.2, -0.15) is 11.8 Å². The SMILES string of the molecule is CCC(CC)(CNC(=O)[C@H](N)CCSC)C(=O)O. The van der Waals surface area contributed by atoms with Crippen LogP contribution in [0, 0.1) is 5.41 Å². The van der Waals surface area contributed by atoms with Gasteiger partial charge in [-0.05, 0) is 31.3 Å². The number of nitrogens with two attached hydrogens (primary N) is 1. The van der Waals surface area contributed by atoms with Crippen LogP contribution in [0.3, 0.4) is 0 Å². The van der Waals surface area contributed by atoms with Crippen LogP contribution in [0.1, 0.15) is 33.1 Å². The Hall–Kier alpha value is -0.750. The van der Waals surface area contributed by atoms with E-state index in [2.05, 4.69) is 5.32 Å². The first-order chi connectivity index (χ1) is 8.43. The van der Waals surface area contributed by atoms with Gasteiger partial charge >= 0.3 is 5.97 Å². The lowest BCUT2D eigenvalue weighted by atomic mass is 9.82. The average molecular weight is 276 g/mol. The maximum Gasteiger partial charge on any atom is 0.311 e. The second-order valence-corrected chi connectivity index (χ2v) is 5.38. The van der Waals surface area contributed by atoms with Crippen molar-refractivity contribution in [2.24, 2.45) is 11.1 Å². The molecule has 0 saturated carbocycles. The predicted octanol–water partition coefficient (Wildman–Crippen LogP) is 1.07. The van der Waals surface area contributed by atoms with Gasteiger partial charge in [0.15, 0.2) is 0 Å². The Morgan fingerprint density at radius 1 is 1.39 bits per heavy atom. The summed E-state index contributed by atoms with van der Waals surface area (Å²) in [7, 11) is 0. The number of thioether (sulfide) groups is 1. The van der Waals surface area contributed by atoms with Crippen LogP contribution in [-0.4, -0.2) is 41.6 Å². The van der Waals surface area contributed by atoms with E-state index in [1.807, 2.05) is 20.1 Å². The Bertz CT molecular complexity index is 280. The third kappa shape index (κ3) is 4.86. The van der Waals surface area contributed by atoms with Gasteiger partial charge < -0.3 is 16.2 Å². The second kappa shape index (κ2) is 8.37. The van der Waals surface area contributed by atoms with E-state index < -0.39 is 17.4 Å². The molecule has 0 aliphatic carbocycles. The molecule has 0 aromatic rings. The summed E-state index contributed by atoms with van der Waals surface area (Å²) in [5.74, 6) is -0.317. The highest BCUT2D eigenvalue weighted by molar-refractivity contribution is 7.98. The van der Waals surface area contributed by atoms with Crippen molar-refractivity contribution in [1.29, 1.82) is 0 Å². The summed E-state index contributed by atoms with van der Waals surface area (Å²) in [5, 5.41) is 11.9. The molecule has 0 aliphatic heterocycles. The summed E-state index contributed by atoms with van der Waals surface area (Å²) in [4.78, 5) is 23.0. The van der Waals surface area contributed by atoms with Crippen LogP contribution < -0.4 is 11.1 Å². The number of carbonyl (C=O) groups excluding carboxylic acids is 1. The van der Waals surface area contributed by atoms with Crippen molar-refractivity contribution >= 4 is 23.6 Å². The fraction of sp³-hybridized carbons (Fsp3) is 0.833. The van der Waals surface area contributed by atoms with Crippen molar-refractivity contribution in [1.82, 2.24) is 5.32 Å². The number of hydrogen-bond donors (Lipinski definition) is 3. The van der Waals surface area contributed by atoms with E-state index in [4.69, 9.17) is 5.73 Å². The lowest BCUT2D eigenvalue weighted by Gasteiger charge is -2.27. The number of hydrogen-bond acceptors (Lipinski definition) is 4. The maximum atomic E-state index is 11.7. The molecule has 0 spiro atoms. The molecule has 6 heteroatoms. The standard InChI is InChI=1S/C12H24N2O3S/c1-4-12(5-2,11(16)17)8-14-10(15)9(13)6-7-18-3/h9H,4-8,13H2,1-3H3,(H,14,15)(H,16,17)/t9-/m1/s1. The van der Waals surface area contributed by atoms with Crippen molar-refractivity contribution in [2.45, 2.75) is 39.2 Å². The molecule has 0 heterocycles. The normalized spacial score (nSPS) is 13.1. The van der Waals surface area contributed by atoms with Crippen LogP contribution in [0.25, 0.3) is 0 Å². The van der Waals surface area contributed by atoms with Gasteiger partial charge in [0.25, 0.3) is 0 Å². The zero-order chi connectivity index (χ0) is 14.2. The Kier molecular flexibility index (Phi) is 8.02. The molecule has 0 radical (unpaired) electrons. The van der Waals surface area contributed by atoms with Gasteiger partial charge in [-0.3, -0.25) is 9.59 Å². The van der Waals surface area contributed by atoms with E-state index in [1.165, 1.54) is 0 Å². The van der Waals surface area contributed by atoms with Gasteiger partial charge in [0.1, 0.15) is 0 Å². The van der Waals surface area contributed by atoms with Gasteiger partial charge in [-0.1, -0.05) is 13.8 Å². The van der Waals surface area contributed by atoms with Gasteiger partial charge in [-0.15, -0.1) is 0 Å². The fourth-order valence-corrected chi connectivity index (χ4v) is 2.13. The van der Waals surface area contributed by atoms with Gasteiger partial charge in [0, 0.05) is 6.54 Å². The number of carboxylic acid groups (broad SMARTS) is 1. The van der Waals surface area contributed by atoms with E-state index in [9.17, 15) is 14.7 Å². The highest BCUT2D eigenvalue weighted by atomic mass is 32.2. The molecule has 0 unspecified atom stereocenters. The molecular formula is C12H24N2O3S. The van der Waals surface area contributed by atoms with E-state index in [-0.39, 0.29) is 12.5 Å². The molecule has 0 rings (SSSR count). The number of amides is 1. The Labute approximate surface area is 113 Å². The summed E-state index contributed by atoms with van der Waals surface area (Å²) in [6, 6.07) is -0.558. The lowest BCUT2D eigenvalue weighted by Crippen LogP contribution is -2.47. The number of carbonyl (C=O) groups is 2. The molecule has 0 aliphatic rings. The lowest BCUT2D eigenvalue weighted by molar-refractivity contribution is -0.149. The molecule has 1 amide bonds. The van der Waals surface area contributed by atoms with Crippen LogP contribution in [0.5, 0.6) is 0 Å². The quantitative estimate of drug-likeness (QED) is 0.586. The van der Waals surface area contributed by atoms with E-state index in [0.717, 1.165) is 5.75 Å². The van der Waals surface area contributed by atoms with Crippen LogP contribution in [0.2, 0.25) is 0 Å². The minimum atomic E-state index is -0.880. The minimum Gasteiger partial charge on any atom is -0.481 e. The molecule has 4 N–H and O–H groups in total. The summed E-state index contributed by atoms with van der Waals surface area (Å²) in [6.45, 7) is 3.77. The molecule has 0 aromatic heterocycles. The molecule has 5 nitrogen and oxygen atoms in total. The number of carboxylic acids is 1. The predicted molar refractivity (Wildman–Crippen MR) is 74.6 cm³/mol. The smallest absolute Gasteiger partial charge is 0.311 e. The highest BCUT2D eigenvalue weighted by Crippen LogP contribution is 2.25. The molecular weight excluding hydrogens is 252 g/mol. The molecule has 1 atom stereocenters. The Morgan fingerprint density at radius 2 is 1.94 bits per heavy atom. The van der Waals surface area contributed by atoms with Crippen LogP contribution in [-0.2, 0) is 9.59 Å². The van der Waals surface area contributed by atoms with E-state index in [1.54, 1.807) is 11.8 Å².